The number of carbonyl (C=O) groups is 1. The third-order valence-corrected chi connectivity index (χ3v) is 2.92. The van der Waals surface area contributed by atoms with Crippen LogP contribution in [0.1, 0.15) is 32.4 Å². The number of nitrogen functional groups attached to an aromatic ring is 1. The summed E-state index contributed by atoms with van der Waals surface area (Å²) in [5, 5.41) is 7.05. The number of amides is 1. The van der Waals surface area contributed by atoms with Gasteiger partial charge < -0.3 is 16.0 Å². The second-order valence-electron chi connectivity index (χ2n) is 4.59. The number of nitrogens with zero attached hydrogens (tertiary/aromatic N) is 3. The summed E-state index contributed by atoms with van der Waals surface area (Å²) in [6, 6.07) is 0. The number of hydrogen-bond acceptors (Lipinski definition) is 4. The number of nitrogens with one attached hydrogen (secondary N) is 1. The SMILES string of the molecule is CCN(CC(=O)NC)c1c(N)c(C(C)C)nn1C. The summed E-state index contributed by atoms with van der Waals surface area (Å²) in [5.74, 6) is 1.04. The van der Waals surface area contributed by atoms with E-state index in [0.29, 0.717) is 12.2 Å². The fraction of sp³-hybridized carbons (Fsp3) is 0.667. The van der Waals surface area contributed by atoms with Gasteiger partial charge in [0.25, 0.3) is 0 Å². The fourth-order valence-corrected chi connectivity index (χ4v) is 1.94. The van der Waals surface area contributed by atoms with Crippen LogP contribution < -0.4 is 16.0 Å². The van der Waals surface area contributed by atoms with E-state index < -0.39 is 0 Å². The molecule has 0 fully saturated rings. The Hall–Kier alpha value is -1.72. The number of aryl methyl sites for hydroxylation is 1. The molecule has 1 amide bonds. The highest BCUT2D eigenvalue weighted by atomic mass is 16.1. The highest BCUT2D eigenvalue weighted by molar-refractivity contribution is 5.82. The van der Waals surface area contributed by atoms with E-state index in [9.17, 15) is 4.79 Å². The van der Waals surface area contributed by atoms with Gasteiger partial charge >= 0.3 is 0 Å². The van der Waals surface area contributed by atoms with Crippen LogP contribution in [0.2, 0.25) is 0 Å². The molecule has 0 saturated heterocycles. The summed E-state index contributed by atoms with van der Waals surface area (Å²) in [4.78, 5) is 13.4. The lowest BCUT2D eigenvalue weighted by Crippen LogP contribution is -2.36. The van der Waals surface area contributed by atoms with Crippen molar-refractivity contribution in [3.8, 4) is 0 Å². The topological polar surface area (TPSA) is 76.2 Å². The maximum absolute atomic E-state index is 11.5. The highest BCUT2D eigenvalue weighted by Gasteiger charge is 2.21. The lowest BCUT2D eigenvalue weighted by Gasteiger charge is -2.22. The summed E-state index contributed by atoms with van der Waals surface area (Å²) in [6.07, 6.45) is 0. The van der Waals surface area contributed by atoms with E-state index in [0.717, 1.165) is 11.5 Å². The molecule has 1 rings (SSSR count). The Kier molecular flexibility index (Phi) is 4.58. The van der Waals surface area contributed by atoms with Crippen LogP contribution in [0, 0.1) is 0 Å². The maximum atomic E-state index is 11.5. The van der Waals surface area contributed by atoms with Gasteiger partial charge in [-0.15, -0.1) is 0 Å². The average Bonchev–Trinajstić information content (AvgIpc) is 2.62. The molecule has 1 aromatic heterocycles. The molecule has 0 aromatic carbocycles. The minimum Gasteiger partial charge on any atom is -0.394 e. The van der Waals surface area contributed by atoms with Crippen molar-refractivity contribution in [2.45, 2.75) is 26.7 Å². The second-order valence-corrected chi connectivity index (χ2v) is 4.59. The van der Waals surface area contributed by atoms with Gasteiger partial charge in [-0.2, -0.15) is 5.10 Å². The zero-order chi connectivity index (χ0) is 13.9. The van der Waals surface area contributed by atoms with Gasteiger partial charge in [0.05, 0.1) is 17.9 Å². The van der Waals surface area contributed by atoms with Gasteiger partial charge in [-0.05, 0) is 12.8 Å². The number of hydrogen-bond donors (Lipinski definition) is 2. The van der Waals surface area contributed by atoms with Gasteiger partial charge in [0, 0.05) is 20.6 Å². The molecule has 0 radical (unpaired) electrons. The summed E-state index contributed by atoms with van der Waals surface area (Å²) in [5.41, 5.74) is 7.68. The first kappa shape index (κ1) is 14.3. The van der Waals surface area contributed by atoms with Gasteiger partial charge in [-0.25, -0.2) is 0 Å². The van der Waals surface area contributed by atoms with Crippen molar-refractivity contribution in [3.05, 3.63) is 5.69 Å². The Morgan fingerprint density at radius 3 is 2.56 bits per heavy atom. The Morgan fingerprint density at radius 2 is 2.17 bits per heavy atom. The Labute approximate surface area is 108 Å². The Bertz CT molecular complexity index is 424. The largest absolute Gasteiger partial charge is 0.394 e. The molecule has 1 heterocycles. The van der Waals surface area contributed by atoms with Gasteiger partial charge in [0.2, 0.25) is 5.91 Å². The van der Waals surface area contributed by atoms with Crippen LogP contribution in [-0.4, -0.2) is 35.8 Å². The van der Waals surface area contributed by atoms with Gasteiger partial charge in [0.15, 0.2) is 5.82 Å². The first-order valence-corrected chi connectivity index (χ1v) is 6.20. The molecule has 0 saturated carbocycles. The number of aromatic nitrogens is 2. The van der Waals surface area contributed by atoms with E-state index in [1.54, 1.807) is 11.7 Å². The number of likely N-dealkylation sites (N-methyl/N-ethyl adjacent to an activating group) is 2. The summed E-state index contributed by atoms with van der Waals surface area (Å²) >= 11 is 0. The van der Waals surface area contributed by atoms with Crippen LogP contribution in [0.25, 0.3) is 0 Å². The number of carbonyl (C=O) groups excluding carboxylic acids is 1. The van der Waals surface area contributed by atoms with Crippen LogP contribution >= 0.6 is 0 Å². The summed E-state index contributed by atoms with van der Waals surface area (Å²) in [6.45, 7) is 7.09. The molecule has 0 unspecified atom stereocenters. The van der Waals surface area contributed by atoms with Crippen LogP contribution in [0.5, 0.6) is 0 Å². The van der Waals surface area contributed by atoms with E-state index in [-0.39, 0.29) is 18.4 Å². The lowest BCUT2D eigenvalue weighted by molar-refractivity contribution is -0.119. The third kappa shape index (κ3) is 2.75. The molecular formula is C12H23N5O. The molecule has 0 aliphatic carbocycles. The monoisotopic (exact) mass is 253 g/mol. The zero-order valence-electron chi connectivity index (χ0n) is 11.8. The Morgan fingerprint density at radius 1 is 1.56 bits per heavy atom. The molecule has 0 aliphatic rings. The first-order chi connectivity index (χ1) is 8.42. The predicted molar refractivity (Wildman–Crippen MR) is 73.7 cm³/mol. The van der Waals surface area contributed by atoms with Crippen molar-refractivity contribution in [2.24, 2.45) is 7.05 Å². The third-order valence-electron chi connectivity index (χ3n) is 2.92. The summed E-state index contributed by atoms with van der Waals surface area (Å²) < 4.78 is 1.75. The normalized spacial score (nSPS) is 10.8. The summed E-state index contributed by atoms with van der Waals surface area (Å²) in [7, 11) is 3.48. The quantitative estimate of drug-likeness (QED) is 0.810. The van der Waals surface area contributed by atoms with E-state index in [4.69, 9.17) is 5.73 Å². The van der Waals surface area contributed by atoms with E-state index in [1.165, 1.54) is 0 Å². The maximum Gasteiger partial charge on any atom is 0.239 e. The second kappa shape index (κ2) is 5.75. The molecule has 1 aromatic rings. The lowest BCUT2D eigenvalue weighted by atomic mass is 10.1. The van der Waals surface area contributed by atoms with Crippen molar-refractivity contribution in [2.75, 3.05) is 30.8 Å². The number of rotatable bonds is 5. The molecule has 6 heteroatoms. The van der Waals surface area contributed by atoms with Crippen LogP contribution in [0.4, 0.5) is 11.5 Å². The standard InChI is InChI=1S/C12H23N5O/c1-6-17(7-9(18)14-4)12-10(13)11(8(2)3)15-16(12)5/h8H,6-7,13H2,1-5H3,(H,14,18). The smallest absolute Gasteiger partial charge is 0.239 e. The molecule has 0 bridgehead atoms. The van der Waals surface area contributed by atoms with Crippen molar-refractivity contribution in [1.29, 1.82) is 0 Å². The predicted octanol–water partition coefficient (Wildman–Crippen LogP) is 0.698. The van der Waals surface area contributed by atoms with Crippen LogP contribution in [-0.2, 0) is 11.8 Å². The van der Waals surface area contributed by atoms with Crippen LogP contribution in [0.3, 0.4) is 0 Å². The van der Waals surface area contributed by atoms with Crippen molar-refractivity contribution in [1.82, 2.24) is 15.1 Å². The van der Waals surface area contributed by atoms with Crippen molar-refractivity contribution >= 4 is 17.4 Å². The van der Waals surface area contributed by atoms with Gasteiger partial charge in [-0.3, -0.25) is 9.48 Å². The minimum absolute atomic E-state index is 0.0384. The minimum atomic E-state index is -0.0384. The number of nitrogens with two attached hydrogens (primary N) is 1. The van der Waals surface area contributed by atoms with Crippen LogP contribution in [0.15, 0.2) is 0 Å². The van der Waals surface area contributed by atoms with E-state index in [2.05, 4.69) is 24.3 Å². The molecule has 0 spiro atoms. The molecule has 102 valence electrons. The molecular weight excluding hydrogens is 230 g/mol. The average molecular weight is 253 g/mol. The first-order valence-electron chi connectivity index (χ1n) is 6.20. The molecule has 18 heavy (non-hydrogen) atoms. The zero-order valence-corrected chi connectivity index (χ0v) is 11.8. The number of anilines is 2. The van der Waals surface area contributed by atoms with Crippen molar-refractivity contribution in [3.63, 3.8) is 0 Å². The Balaban J connectivity index is 3.09. The molecule has 0 aliphatic heterocycles. The van der Waals surface area contributed by atoms with Gasteiger partial charge in [0.1, 0.15) is 0 Å². The van der Waals surface area contributed by atoms with Crippen molar-refractivity contribution < 1.29 is 4.79 Å². The molecule has 6 nitrogen and oxygen atoms in total. The van der Waals surface area contributed by atoms with E-state index >= 15 is 0 Å². The fourth-order valence-electron chi connectivity index (χ4n) is 1.94. The van der Waals surface area contributed by atoms with Gasteiger partial charge in [-0.1, -0.05) is 13.8 Å². The van der Waals surface area contributed by atoms with E-state index in [1.807, 2.05) is 18.9 Å². The molecule has 3 N–H and O–H groups in total. The molecule has 0 atom stereocenters. The highest BCUT2D eigenvalue weighted by Crippen LogP contribution is 2.30.